The standard InChI is InChI=1S/C10H12OS/c11-10-2-1-8-3-5-12-6-4-9(8)7-10/h1-2,7,11H,3-6H2. The van der Waals surface area contributed by atoms with Crippen molar-refractivity contribution in [3.05, 3.63) is 29.3 Å². The number of hydrogen-bond acceptors (Lipinski definition) is 2. The van der Waals surface area contributed by atoms with E-state index in [1.807, 2.05) is 17.8 Å². The molecule has 0 bridgehead atoms. The highest BCUT2D eigenvalue weighted by Gasteiger charge is 2.07. The molecule has 0 aromatic heterocycles. The van der Waals surface area contributed by atoms with Crippen LogP contribution in [0.1, 0.15) is 11.1 Å². The summed E-state index contributed by atoms with van der Waals surface area (Å²) in [5.74, 6) is 2.81. The van der Waals surface area contributed by atoms with E-state index < -0.39 is 0 Å². The SMILES string of the molecule is Oc1ccc2c(c1)CCSCC2. The van der Waals surface area contributed by atoms with Crippen LogP contribution >= 0.6 is 11.8 Å². The van der Waals surface area contributed by atoms with Crippen LogP contribution in [0.15, 0.2) is 18.2 Å². The van der Waals surface area contributed by atoms with Crippen molar-refractivity contribution < 1.29 is 5.11 Å². The molecule has 0 aliphatic carbocycles. The zero-order valence-corrected chi connectivity index (χ0v) is 7.73. The Balaban J connectivity index is 2.36. The summed E-state index contributed by atoms with van der Waals surface area (Å²) >= 11 is 2.00. The molecule has 1 heterocycles. The van der Waals surface area contributed by atoms with Crippen molar-refractivity contribution in [1.29, 1.82) is 0 Å². The molecule has 1 aromatic carbocycles. The molecule has 1 nitrogen and oxygen atoms in total. The molecule has 2 heteroatoms. The molecular weight excluding hydrogens is 168 g/mol. The lowest BCUT2D eigenvalue weighted by molar-refractivity contribution is 0.474. The Morgan fingerprint density at radius 3 is 2.67 bits per heavy atom. The second kappa shape index (κ2) is 3.40. The second-order valence-electron chi connectivity index (χ2n) is 3.07. The molecule has 64 valence electrons. The first kappa shape index (κ1) is 7.99. The van der Waals surface area contributed by atoms with Gasteiger partial charge in [-0.1, -0.05) is 6.07 Å². The van der Waals surface area contributed by atoms with Crippen molar-refractivity contribution in [1.82, 2.24) is 0 Å². The van der Waals surface area contributed by atoms with Crippen molar-refractivity contribution in [2.75, 3.05) is 11.5 Å². The number of hydrogen-bond donors (Lipinski definition) is 1. The van der Waals surface area contributed by atoms with E-state index in [2.05, 4.69) is 6.07 Å². The van der Waals surface area contributed by atoms with Gasteiger partial charge in [0.25, 0.3) is 0 Å². The Morgan fingerprint density at radius 1 is 1.08 bits per heavy atom. The largest absolute Gasteiger partial charge is 0.508 e. The van der Waals surface area contributed by atoms with Crippen molar-refractivity contribution in [2.45, 2.75) is 12.8 Å². The number of benzene rings is 1. The van der Waals surface area contributed by atoms with Crippen LogP contribution in [-0.4, -0.2) is 16.6 Å². The van der Waals surface area contributed by atoms with Gasteiger partial charge in [-0.2, -0.15) is 11.8 Å². The molecule has 0 atom stereocenters. The van der Waals surface area contributed by atoms with Gasteiger partial charge in [0, 0.05) is 0 Å². The van der Waals surface area contributed by atoms with Crippen LogP contribution in [-0.2, 0) is 12.8 Å². The monoisotopic (exact) mass is 180 g/mol. The summed E-state index contributed by atoms with van der Waals surface area (Å²) < 4.78 is 0. The third kappa shape index (κ3) is 1.58. The lowest BCUT2D eigenvalue weighted by Gasteiger charge is -2.04. The summed E-state index contributed by atoms with van der Waals surface area (Å²) in [7, 11) is 0. The summed E-state index contributed by atoms with van der Waals surface area (Å²) in [6, 6.07) is 5.74. The average molecular weight is 180 g/mol. The molecule has 0 fully saturated rings. The number of aryl methyl sites for hydroxylation is 2. The molecule has 1 aliphatic heterocycles. The number of phenols is 1. The van der Waals surface area contributed by atoms with Crippen LogP contribution in [0.2, 0.25) is 0 Å². The van der Waals surface area contributed by atoms with E-state index in [4.69, 9.17) is 0 Å². The van der Waals surface area contributed by atoms with Gasteiger partial charge < -0.3 is 5.11 Å². The zero-order chi connectivity index (χ0) is 8.39. The van der Waals surface area contributed by atoms with E-state index in [1.54, 1.807) is 6.07 Å². The maximum absolute atomic E-state index is 9.27. The maximum atomic E-state index is 9.27. The van der Waals surface area contributed by atoms with Gasteiger partial charge in [0.2, 0.25) is 0 Å². The quantitative estimate of drug-likeness (QED) is 0.660. The lowest BCUT2D eigenvalue weighted by atomic mass is 10.0. The highest BCUT2D eigenvalue weighted by Crippen LogP contribution is 2.23. The Bertz CT molecular complexity index is 283. The second-order valence-corrected chi connectivity index (χ2v) is 4.29. The predicted octanol–water partition coefficient (Wildman–Crippen LogP) is 2.22. The fourth-order valence-corrected chi connectivity index (χ4v) is 2.49. The summed E-state index contributed by atoms with van der Waals surface area (Å²) in [6.07, 6.45) is 2.26. The zero-order valence-electron chi connectivity index (χ0n) is 6.92. The first-order chi connectivity index (χ1) is 5.86. The molecule has 0 spiro atoms. The molecule has 0 unspecified atom stereocenters. The number of aromatic hydroxyl groups is 1. The summed E-state index contributed by atoms with van der Waals surface area (Å²) in [5, 5.41) is 9.27. The van der Waals surface area contributed by atoms with Gasteiger partial charge in [0.05, 0.1) is 0 Å². The number of fused-ring (bicyclic) bond motifs is 1. The summed E-state index contributed by atoms with van der Waals surface area (Å²) in [4.78, 5) is 0. The average Bonchev–Trinajstić information content (AvgIpc) is 2.28. The summed E-state index contributed by atoms with van der Waals surface area (Å²) in [5.41, 5.74) is 2.75. The van der Waals surface area contributed by atoms with Crippen molar-refractivity contribution >= 4 is 11.8 Å². The van der Waals surface area contributed by atoms with Gasteiger partial charge in [0.1, 0.15) is 5.75 Å². The van der Waals surface area contributed by atoms with Crippen molar-refractivity contribution in [3.8, 4) is 5.75 Å². The van der Waals surface area contributed by atoms with Gasteiger partial charge in [-0.3, -0.25) is 0 Å². The molecule has 0 saturated carbocycles. The molecular formula is C10H12OS. The van der Waals surface area contributed by atoms with Crippen LogP contribution in [0.3, 0.4) is 0 Å². The smallest absolute Gasteiger partial charge is 0.115 e. The molecule has 1 aromatic rings. The Hall–Kier alpha value is -0.630. The van der Waals surface area contributed by atoms with Crippen LogP contribution in [0.25, 0.3) is 0 Å². The van der Waals surface area contributed by atoms with Crippen molar-refractivity contribution in [3.63, 3.8) is 0 Å². The Morgan fingerprint density at radius 2 is 1.83 bits per heavy atom. The topological polar surface area (TPSA) is 20.2 Å². The number of thioether (sulfide) groups is 1. The normalized spacial score (nSPS) is 16.7. The first-order valence-electron chi connectivity index (χ1n) is 4.25. The minimum absolute atomic E-state index is 0.403. The molecule has 12 heavy (non-hydrogen) atoms. The Labute approximate surface area is 76.8 Å². The minimum atomic E-state index is 0.403. The van der Waals surface area contributed by atoms with Crippen LogP contribution in [0.4, 0.5) is 0 Å². The molecule has 0 radical (unpaired) electrons. The van der Waals surface area contributed by atoms with Gasteiger partial charge in [-0.15, -0.1) is 0 Å². The minimum Gasteiger partial charge on any atom is -0.508 e. The fourth-order valence-electron chi connectivity index (χ4n) is 1.56. The molecule has 2 rings (SSSR count). The van der Waals surface area contributed by atoms with Gasteiger partial charge in [0.15, 0.2) is 0 Å². The third-order valence-electron chi connectivity index (χ3n) is 2.22. The van der Waals surface area contributed by atoms with Crippen LogP contribution in [0.5, 0.6) is 5.75 Å². The van der Waals surface area contributed by atoms with Crippen LogP contribution in [0, 0.1) is 0 Å². The summed E-state index contributed by atoms with van der Waals surface area (Å²) in [6.45, 7) is 0. The maximum Gasteiger partial charge on any atom is 0.115 e. The molecule has 1 N–H and O–H groups in total. The van der Waals surface area contributed by atoms with E-state index in [9.17, 15) is 5.11 Å². The van der Waals surface area contributed by atoms with E-state index >= 15 is 0 Å². The first-order valence-corrected chi connectivity index (χ1v) is 5.40. The van der Waals surface area contributed by atoms with E-state index in [1.165, 1.54) is 22.6 Å². The van der Waals surface area contributed by atoms with E-state index in [0.29, 0.717) is 5.75 Å². The highest BCUT2D eigenvalue weighted by atomic mass is 32.2. The molecule has 1 aliphatic rings. The highest BCUT2D eigenvalue weighted by molar-refractivity contribution is 7.99. The fraction of sp³-hybridized carbons (Fsp3) is 0.400. The van der Waals surface area contributed by atoms with E-state index in [-0.39, 0.29) is 0 Å². The Kier molecular flexibility index (Phi) is 2.26. The number of phenolic OH excluding ortho intramolecular Hbond substituents is 1. The van der Waals surface area contributed by atoms with Gasteiger partial charge >= 0.3 is 0 Å². The third-order valence-corrected chi connectivity index (χ3v) is 3.21. The predicted molar refractivity (Wildman–Crippen MR) is 52.8 cm³/mol. The van der Waals surface area contributed by atoms with Gasteiger partial charge in [-0.25, -0.2) is 0 Å². The van der Waals surface area contributed by atoms with Crippen LogP contribution < -0.4 is 0 Å². The van der Waals surface area contributed by atoms with E-state index in [0.717, 1.165) is 12.8 Å². The lowest BCUT2D eigenvalue weighted by Crippen LogP contribution is -1.91. The number of rotatable bonds is 0. The molecule has 0 saturated heterocycles. The van der Waals surface area contributed by atoms with Crippen molar-refractivity contribution in [2.24, 2.45) is 0 Å². The molecule has 0 amide bonds. The van der Waals surface area contributed by atoms with Gasteiger partial charge in [-0.05, 0) is 47.6 Å².